The summed E-state index contributed by atoms with van der Waals surface area (Å²) < 4.78 is 15.8. The van der Waals surface area contributed by atoms with E-state index in [2.05, 4.69) is 25.2 Å². The van der Waals surface area contributed by atoms with Gasteiger partial charge in [-0.05, 0) is 32.2 Å². The van der Waals surface area contributed by atoms with Crippen LogP contribution in [0.3, 0.4) is 0 Å². The van der Waals surface area contributed by atoms with Gasteiger partial charge in [-0.2, -0.15) is 9.97 Å². The Balaban J connectivity index is 1.41. The van der Waals surface area contributed by atoms with Crippen LogP contribution in [0.4, 0.5) is 0 Å². The van der Waals surface area contributed by atoms with Gasteiger partial charge in [-0.15, -0.1) is 0 Å². The van der Waals surface area contributed by atoms with Crippen molar-refractivity contribution in [3.63, 3.8) is 0 Å². The van der Waals surface area contributed by atoms with Crippen LogP contribution in [0.15, 0.2) is 9.05 Å². The maximum Gasteiger partial charge on any atom is 0.240 e. The Morgan fingerprint density at radius 3 is 2.91 bits per heavy atom. The minimum absolute atomic E-state index is 0.181. The number of rotatable bonds is 7. The van der Waals surface area contributed by atoms with E-state index < -0.39 is 0 Å². The summed E-state index contributed by atoms with van der Waals surface area (Å²) in [6.45, 7) is 2.20. The lowest BCUT2D eigenvalue weighted by molar-refractivity contribution is 0.197. The molecule has 0 aromatic carbocycles. The van der Waals surface area contributed by atoms with Gasteiger partial charge in [-0.3, -0.25) is 4.90 Å². The van der Waals surface area contributed by atoms with Crippen LogP contribution in [-0.4, -0.2) is 45.4 Å². The molecule has 8 nitrogen and oxygen atoms in total. The SMILES string of the molecule is COCCc1noc(CN2CCCC2c2noc(C3CC3)n2)n1. The second kappa shape index (κ2) is 6.37. The summed E-state index contributed by atoms with van der Waals surface area (Å²) in [5.41, 5.74) is 0. The van der Waals surface area contributed by atoms with Gasteiger partial charge < -0.3 is 13.8 Å². The van der Waals surface area contributed by atoms with E-state index in [1.54, 1.807) is 7.11 Å². The van der Waals surface area contributed by atoms with Crippen LogP contribution in [-0.2, 0) is 17.7 Å². The second-order valence-corrected chi connectivity index (χ2v) is 6.24. The molecule has 124 valence electrons. The number of ether oxygens (including phenoxy) is 1. The number of aromatic nitrogens is 4. The van der Waals surface area contributed by atoms with Gasteiger partial charge in [-0.1, -0.05) is 10.3 Å². The van der Waals surface area contributed by atoms with Gasteiger partial charge in [0.1, 0.15) is 0 Å². The Hall–Kier alpha value is -1.80. The molecule has 2 aromatic rings. The largest absolute Gasteiger partial charge is 0.384 e. The fourth-order valence-electron chi connectivity index (χ4n) is 3.01. The highest BCUT2D eigenvalue weighted by Crippen LogP contribution is 2.40. The average Bonchev–Trinajstić information content (AvgIpc) is 2.98. The van der Waals surface area contributed by atoms with Gasteiger partial charge in [-0.25, -0.2) is 0 Å². The molecule has 1 saturated heterocycles. The summed E-state index contributed by atoms with van der Waals surface area (Å²) >= 11 is 0. The normalized spacial score (nSPS) is 22.0. The van der Waals surface area contributed by atoms with E-state index in [1.165, 1.54) is 12.8 Å². The van der Waals surface area contributed by atoms with Crippen molar-refractivity contribution in [1.29, 1.82) is 0 Å². The molecule has 3 heterocycles. The van der Waals surface area contributed by atoms with Crippen LogP contribution in [0.25, 0.3) is 0 Å². The van der Waals surface area contributed by atoms with Crippen LogP contribution in [0, 0.1) is 0 Å². The van der Waals surface area contributed by atoms with Crippen molar-refractivity contribution in [2.45, 2.75) is 50.6 Å². The third kappa shape index (κ3) is 3.28. The minimum Gasteiger partial charge on any atom is -0.384 e. The van der Waals surface area contributed by atoms with Crippen molar-refractivity contribution in [3.05, 3.63) is 23.4 Å². The molecule has 0 N–H and O–H groups in total. The lowest BCUT2D eigenvalue weighted by Gasteiger charge is -2.19. The van der Waals surface area contributed by atoms with E-state index in [9.17, 15) is 0 Å². The summed E-state index contributed by atoms with van der Waals surface area (Å²) in [6, 6.07) is 0.181. The van der Waals surface area contributed by atoms with Crippen molar-refractivity contribution < 1.29 is 13.8 Å². The summed E-state index contributed by atoms with van der Waals surface area (Å²) in [5, 5.41) is 8.17. The van der Waals surface area contributed by atoms with E-state index in [0.29, 0.717) is 37.2 Å². The third-order valence-corrected chi connectivity index (χ3v) is 4.42. The molecular weight excluding hydrogens is 298 g/mol. The lowest BCUT2D eigenvalue weighted by Crippen LogP contribution is -2.23. The molecule has 0 spiro atoms. The molecule has 8 heteroatoms. The molecule has 4 rings (SSSR count). The lowest BCUT2D eigenvalue weighted by atomic mass is 10.2. The molecule has 23 heavy (non-hydrogen) atoms. The number of hydrogen-bond donors (Lipinski definition) is 0. The fourth-order valence-corrected chi connectivity index (χ4v) is 3.01. The molecule has 1 saturated carbocycles. The van der Waals surface area contributed by atoms with Crippen LogP contribution in [0.5, 0.6) is 0 Å². The fraction of sp³-hybridized carbons (Fsp3) is 0.733. The predicted octanol–water partition coefficient (Wildman–Crippen LogP) is 1.86. The monoisotopic (exact) mass is 319 g/mol. The van der Waals surface area contributed by atoms with E-state index in [1.807, 2.05) is 0 Å². The first-order valence-electron chi connectivity index (χ1n) is 8.21. The smallest absolute Gasteiger partial charge is 0.240 e. The zero-order valence-corrected chi connectivity index (χ0v) is 13.3. The summed E-state index contributed by atoms with van der Waals surface area (Å²) in [7, 11) is 1.66. The first kappa shape index (κ1) is 14.8. The zero-order chi connectivity index (χ0) is 15.6. The highest BCUT2D eigenvalue weighted by atomic mass is 16.5. The number of methoxy groups -OCH3 is 1. The topological polar surface area (TPSA) is 90.3 Å². The molecule has 2 aliphatic rings. The maximum atomic E-state index is 5.39. The minimum atomic E-state index is 0.181. The van der Waals surface area contributed by atoms with Gasteiger partial charge in [0.15, 0.2) is 11.6 Å². The van der Waals surface area contributed by atoms with E-state index in [4.69, 9.17) is 13.8 Å². The number of hydrogen-bond acceptors (Lipinski definition) is 8. The summed E-state index contributed by atoms with van der Waals surface area (Å²) in [6.07, 6.45) is 5.15. The highest BCUT2D eigenvalue weighted by molar-refractivity contribution is 5.05. The Kier molecular flexibility index (Phi) is 4.09. The van der Waals surface area contributed by atoms with Crippen molar-refractivity contribution in [1.82, 2.24) is 25.2 Å². The highest BCUT2D eigenvalue weighted by Gasteiger charge is 2.34. The first-order valence-corrected chi connectivity index (χ1v) is 8.21. The molecule has 1 aliphatic carbocycles. The molecule has 1 aliphatic heterocycles. The predicted molar refractivity (Wildman–Crippen MR) is 78.5 cm³/mol. The quantitative estimate of drug-likeness (QED) is 0.764. The van der Waals surface area contributed by atoms with Gasteiger partial charge >= 0.3 is 0 Å². The van der Waals surface area contributed by atoms with Crippen LogP contribution in [0.1, 0.15) is 61.1 Å². The van der Waals surface area contributed by atoms with Gasteiger partial charge in [0.25, 0.3) is 0 Å². The molecule has 0 radical (unpaired) electrons. The van der Waals surface area contributed by atoms with Gasteiger partial charge in [0.2, 0.25) is 11.8 Å². The van der Waals surface area contributed by atoms with Crippen molar-refractivity contribution in [3.8, 4) is 0 Å². The second-order valence-electron chi connectivity index (χ2n) is 6.24. The molecule has 0 bridgehead atoms. The first-order chi connectivity index (χ1) is 11.3. The van der Waals surface area contributed by atoms with Crippen LogP contribution >= 0.6 is 0 Å². The number of likely N-dealkylation sites (tertiary alicyclic amines) is 1. The Bertz CT molecular complexity index is 651. The molecule has 0 amide bonds. The van der Waals surface area contributed by atoms with Gasteiger partial charge in [0.05, 0.1) is 19.2 Å². The Morgan fingerprint density at radius 1 is 1.17 bits per heavy atom. The molecule has 1 atom stereocenters. The Labute approximate surface area is 134 Å². The number of nitrogens with zero attached hydrogens (tertiary/aromatic N) is 5. The maximum absolute atomic E-state index is 5.39. The van der Waals surface area contributed by atoms with Crippen molar-refractivity contribution in [2.75, 3.05) is 20.3 Å². The Morgan fingerprint density at radius 2 is 2.09 bits per heavy atom. The molecule has 2 fully saturated rings. The van der Waals surface area contributed by atoms with E-state index in [0.717, 1.165) is 31.1 Å². The summed E-state index contributed by atoms with van der Waals surface area (Å²) in [4.78, 5) is 11.3. The standard InChI is InChI=1S/C15H21N5O3/c1-21-8-6-12-16-13(22-18-12)9-20-7-2-3-11(20)14-17-15(23-19-14)10-4-5-10/h10-11H,2-9H2,1H3. The average molecular weight is 319 g/mol. The van der Waals surface area contributed by atoms with Crippen LogP contribution in [0.2, 0.25) is 0 Å². The zero-order valence-electron chi connectivity index (χ0n) is 13.3. The molecule has 2 aromatic heterocycles. The molecule has 1 unspecified atom stereocenters. The third-order valence-electron chi connectivity index (χ3n) is 4.42. The van der Waals surface area contributed by atoms with E-state index in [-0.39, 0.29) is 6.04 Å². The molecular formula is C15H21N5O3. The van der Waals surface area contributed by atoms with Crippen molar-refractivity contribution in [2.24, 2.45) is 0 Å². The summed E-state index contributed by atoms with van der Waals surface area (Å²) in [5.74, 6) is 3.41. The van der Waals surface area contributed by atoms with Crippen LogP contribution < -0.4 is 0 Å². The van der Waals surface area contributed by atoms with Crippen molar-refractivity contribution >= 4 is 0 Å². The van der Waals surface area contributed by atoms with Gasteiger partial charge in [0, 0.05) is 19.4 Å². The van der Waals surface area contributed by atoms with E-state index >= 15 is 0 Å².